The molecule has 28 heavy (non-hydrogen) atoms. The molecular formula is C24H27N3O. The van der Waals surface area contributed by atoms with Gasteiger partial charge in [-0.1, -0.05) is 36.8 Å². The number of nitrogens with zero attached hydrogens (tertiary/aromatic N) is 2. The van der Waals surface area contributed by atoms with E-state index in [9.17, 15) is 4.79 Å². The fourth-order valence-electron chi connectivity index (χ4n) is 3.81. The zero-order chi connectivity index (χ0) is 19.7. The highest BCUT2D eigenvalue weighted by Gasteiger charge is 2.21. The maximum atomic E-state index is 12.8. The Kier molecular flexibility index (Phi) is 5.03. The van der Waals surface area contributed by atoms with E-state index in [0.29, 0.717) is 11.5 Å². The van der Waals surface area contributed by atoms with Crippen LogP contribution in [0.5, 0.6) is 0 Å². The zero-order valence-corrected chi connectivity index (χ0v) is 16.8. The van der Waals surface area contributed by atoms with Crippen LogP contribution in [0.2, 0.25) is 0 Å². The summed E-state index contributed by atoms with van der Waals surface area (Å²) in [7, 11) is 3.92. The van der Waals surface area contributed by atoms with Crippen molar-refractivity contribution in [1.82, 2.24) is 10.3 Å². The van der Waals surface area contributed by atoms with Crippen LogP contribution < -0.4 is 10.2 Å². The molecule has 2 aromatic carbocycles. The lowest BCUT2D eigenvalue weighted by Crippen LogP contribution is -2.27. The minimum atomic E-state index is -0.163. The molecule has 0 bridgehead atoms. The lowest BCUT2D eigenvalue weighted by Gasteiger charge is -2.27. The number of benzene rings is 2. The quantitative estimate of drug-likeness (QED) is 0.680. The molecule has 0 unspecified atom stereocenters. The Balaban J connectivity index is 1.54. The van der Waals surface area contributed by atoms with Gasteiger partial charge in [0, 0.05) is 19.7 Å². The SMILES string of the molecule is C[C@@H](NC(=O)c1ccc2c(C3CCC3)cccc2c1)c1cccc(N(C)C)n1. The normalized spacial score (nSPS) is 15.1. The number of hydrogen-bond acceptors (Lipinski definition) is 3. The summed E-state index contributed by atoms with van der Waals surface area (Å²) in [6, 6.07) is 18.2. The van der Waals surface area contributed by atoms with Crippen molar-refractivity contribution in [3.63, 3.8) is 0 Å². The fraction of sp³-hybridized carbons (Fsp3) is 0.333. The molecule has 1 fully saturated rings. The van der Waals surface area contributed by atoms with Gasteiger partial charge in [-0.05, 0) is 66.3 Å². The average molecular weight is 374 g/mol. The van der Waals surface area contributed by atoms with Crippen LogP contribution in [-0.4, -0.2) is 25.0 Å². The number of amides is 1. The largest absolute Gasteiger partial charge is 0.363 e. The van der Waals surface area contributed by atoms with Crippen molar-refractivity contribution in [3.05, 3.63) is 71.4 Å². The molecule has 4 nitrogen and oxygen atoms in total. The van der Waals surface area contributed by atoms with Gasteiger partial charge in [-0.3, -0.25) is 4.79 Å². The van der Waals surface area contributed by atoms with Crippen LogP contribution in [0.3, 0.4) is 0 Å². The maximum Gasteiger partial charge on any atom is 0.251 e. The van der Waals surface area contributed by atoms with E-state index in [1.54, 1.807) is 0 Å². The van der Waals surface area contributed by atoms with Gasteiger partial charge in [-0.2, -0.15) is 0 Å². The van der Waals surface area contributed by atoms with Crippen LogP contribution in [0.15, 0.2) is 54.6 Å². The van der Waals surface area contributed by atoms with E-state index >= 15 is 0 Å². The van der Waals surface area contributed by atoms with Crippen LogP contribution in [0.1, 0.15) is 59.8 Å². The molecule has 4 heteroatoms. The number of fused-ring (bicyclic) bond motifs is 1. The first-order valence-electron chi connectivity index (χ1n) is 10.0. The Hall–Kier alpha value is -2.88. The molecule has 3 aromatic rings. The molecule has 1 aliphatic rings. The highest BCUT2D eigenvalue weighted by molar-refractivity contribution is 5.99. The van der Waals surface area contributed by atoms with Gasteiger partial charge < -0.3 is 10.2 Å². The minimum absolute atomic E-state index is 0.0690. The molecule has 4 rings (SSSR count). The number of aromatic nitrogens is 1. The van der Waals surface area contributed by atoms with Crippen molar-refractivity contribution < 1.29 is 4.79 Å². The second-order valence-corrected chi connectivity index (χ2v) is 7.92. The van der Waals surface area contributed by atoms with Gasteiger partial charge in [-0.25, -0.2) is 4.98 Å². The van der Waals surface area contributed by atoms with Crippen LogP contribution >= 0.6 is 0 Å². The Morgan fingerprint density at radius 3 is 2.61 bits per heavy atom. The fourth-order valence-corrected chi connectivity index (χ4v) is 3.81. The van der Waals surface area contributed by atoms with Gasteiger partial charge in [0.05, 0.1) is 11.7 Å². The van der Waals surface area contributed by atoms with Gasteiger partial charge in [0.25, 0.3) is 5.91 Å². The van der Waals surface area contributed by atoms with Gasteiger partial charge >= 0.3 is 0 Å². The summed E-state index contributed by atoms with van der Waals surface area (Å²) in [6.45, 7) is 1.97. The summed E-state index contributed by atoms with van der Waals surface area (Å²) in [5, 5.41) is 5.49. The lowest BCUT2D eigenvalue weighted by atomic mass is 9.78. The maximum absolute atomic E-state index is 12.8. The summed E-state index contributed by atoms with van der Waals surface area (Å²) < 4.78 is 0. The molecule has 1 N–H and O–H groups in total. The second-order valence-electron chi connectivity index (χ2n) is 7.92. The first-order chi connectivity index (χ1) is 13.5. The summed E-state index contributed by atoms with van der Waals surface area (Å²) in [4.78, 5) is 19.4. The van der Waals surface area contributed by atoms with Crippen molar-refractivity contribution in [2.45, 2.75) is 38.1 Å². The molecule has 0 radical (unpaired) electrons. The lowest BCUT2D eigenvalue weighted by molar-refractivity contribution is 0.0939. The third kappa shape index (κ3) is 3.59. The van der Waals surface area contributed by atoms with E-state index in [2.05, 4.69) is 34.6 Å². The predicted octanol–water partition coefficient (Wildman–Crippen LogP) is 5.06. The van der Waals surface area contributed by atoms with Crippen LogP contribution in [-0.2, 0) is 0 Å². The number of nitrogens with one attached hydrogen (secondary N) is 1. The third-order valence-corrected chi connectivity index (χ3v) is 5.73. The van der Waals surface area contributed by atoms with E-state index in [-0.39, 0.29) is 11.9 Å². The topological polar surface area (TPSA) is 45.2 Å². The molecule has 0 aliphatic heterocycles. The standard InChI is InChI=1S/C24H27N3O/c1-16(22-11-6-12-23(26-22)27(2)3)25-24(28)19-13-14-21-18(15-19)9-5-10-20(21)17-7-4-8-17/h5-6,9-17H,4,7-8H2,1-3H3,(H,25,28)/t16-/m1/s1. The van der Waals surface area contributed by atoms with Crippen molar-refractivity contribution in [1.29, 1.82) is 0 Å². The molecule has 1 atom stereocenters. The monoisotopic (exact) mass is 373 g/mol. The number of carbonyl (C=O) groups excluding carboxylic acids is 1. The van der Waals surface area contributed by atoms with E-state index in [1.165, 1.54) is 30.2 Å². The van der Waals surface area contributed by atoms with Gasteiger partial charge in [0.2, 0.25) is 0 Å². The van der Waals surface area contributed by atoms with Gasteiger partial charge in [0.1, 0.15) is 5.82 Å². The molecule has 1 aliphatic carbocycles. The summed E-state index contributed by atoms with van der Waals surface area (Å²) in [5.41, 5.74) is 2.97. The summed E-state index contributed by atoms with van der Waals surface area (Å²) >= 11 is 0. The Morgan fingerprint density at radius 2 is 1.89 bits per heavy atom. The first-order valence-corrected chi connectivity index (χ1v) is 10.0. The van der Waals surface area contributed by atoms with Crippen LogP contribution in [0.4, 0.5) is 5.82 Å². The first kappa shape index (κ1) is 18.5. The van der Waals surface area contributed by atoms with E-state index < -0.39 is 0 Å². The van der Waals surface area contributed by atoms with E-state index in [4.69, 9.17) is 0 Å². The second kappa shape index (κ2) is 7.63. The average Bonchev–Trinajstić information content (AvgIpc) is 2.66. The molecule has 1 heterocycles. The molecule has 1 aromatic heterocycles. The number of carbonyl (C=O) groups is 1. The molecular weight excluding hydrogens is 346 g/mol. The van der Waals surface area contributed by atoms with Crippen LogP contribution in [0.25, 0.3) is 10.8 Å². The molecule has 1 saturated carbocycles. The number of pyridine rings is 1. The number of anilines is 1. The predicted molar refractivity (Wildman–Crippen MR) is 115 cm³/mol. The number of rotatable bonds is 5. The van der Waals surface area contributed by atoms with Gasteiger partial charge in [0.15, 0.2) is 0 Å². The summed E-state index contributed by atoms with van der Waals surface area (Å²) in [6.07, 6.45) is 3.87. The van der Waals surface area contributed by atoms with E-state index in [0.717, 1.165) is 16.9 Å². The Bertz CT molecular complexity index is 1010. The summed E-state index contributed by atoms with van der Waals surface area (Å²) in [5.74, 6) is 1.49. The van der Waals surface area contributed by atoms with E-state index in [1.807, 2.05) is 56.3 Å². The number of hydrogen-bond donors (Lipinski definition) is 1. The van der Waals surface area contributed by atoms with Gasteiger partial charge in [-0.15, -0.1) is 0 Å². The Morgan fingerprint density at radius 1 is 1.11 bits per heavy atom. The zero-order valence-electron chi connectivity index (χ0n) is 16.8. The third-order valence-electron chi connectivity index (χ3n) is 5.73. The molecule has 144 valence electrons. The van der Waals surface area contributed by atoms with Crippen molar-refractivity contribution in [3.8, 4) is 0 Å². The molecule has 0 saturated heterocycles. The van der Waals surface area contributed by atoms with Crippen molar-refractivity contribution >= 4 is 22.5 Å². The van der Waals surface area contributed by atoms with Crippen LogP contribution in [0, 0.1) is 0 Å². The highest BCUT2D eigenvalue weighted by Crippen LogP contribution is 2.39. The Labute approximate surface area is 166 Å². The highest BCUT2D eigenvalue weighted by atomic mass is 16.1. The minimum Gasteiger partial charge on any atom is -0.363 e. The smallest absolute Gasteiger partial charge is 0.251 e. The van der Waals surface area contributed by atoms with Crippen molar-refractivity contribution in [2.24, 2.45) is 0 Å². The van der Waals surface area contributed by atoms with Crippen molar-refractivity contribution in [2.75, 3.05) is 19.0 Å². The molecule has 1 amide bonds. The molecule has 0 spiro atoms.